The topological polar surface area (TPSA) is 55.1 Å². The second-order valence-corrected chi connectivity index (χ2v) is 6.46. The fraction of sp³-hybridized carbons (Fsp3) is 0.714. The standard InChI is InChI=1S/C14H20N2O2/c1-14(2)6-11-9(13(18)7-14)8-15-16(11)10-4-3-5-12(10)17/h8,10,12,17H,3-7H2,1-2H3. The number of hydrogen-bond acceptors (Lipinski definition) is 3. The molecule has 1 aromatic heterocycles. The summed E-state index contributed by atoms with van der Waals surface area (Å²) < 4.78 is 1.92. The van der Waals surface area contributed by atoms with E-state index in [1.807, 2.05) is 4.68 Å². The zero-order chi connectivity index (χ0) is 12.9. The molecule has 0 aliphatic heterocycles. The second kappa shape index (κ2) is 3.92. The Hall–Kier alpha value is -1.16. The number of Topliss-reactive ketones (excluding diaryl/α,β-unsaturated/α-hetero) is 1. The highest BCUT2D eigenvalue weighted by molar-refractivity contribution is 5.98. The van der Waals surface area contributed by atoms with Gasteiger partial charge < -0.3 is 5.11 Å². The van der Waals surface area contributed by atoms with Crippen LogP contribution in [0.25, 0.3) is 0 Å². The Morgan fingerprint density at radius 1 is 1.39 bits per heavy atom. The molecule has 1 heterocycles. The zero-order valence-corrected chi connectivity index (χ0v) is 11.0. The third-order valence-electron chi connectivity index (χ3n) is 4.24. The van der Waals surface area contributed by atoms with Gasteiger partial charge in [0, 0.05) is 6.42 Å². The van der Waals surface area contributed by atoms with Crippen molar-refractivity contribution in [3.63, 3.8) is 0 Å². The minimum atomic E-state index is -0.311. The number of ketones is 1. The number of aromatic nitrogens is 2. The van der Waals surface area contributed by atoms with Crippen LogP contribution in [0.2, 0.25) is 0 Å². The van der Waals surface area contributed by atoms with Crippen molar-refractivity contribution >= 4 is 5.78 Å². The highest BCUT2D eigenvalue weighted by Crippen LogP contribution is 2.38. The second-order valence-electron chi connectivity index (χ2n) is 6.46. The van der Waals surface area contributed by atoms with E-state index in [0.29, 0.717) is 6.42 Å². The molecule has 1 aromatic rings. The van der Waals surface area contributed by atoms with Gasteiger partial charge in [-0.2, -0.15) is 5.10 Å². The summed E-state index contributed by atoms with van der Waals surface area (Å²) in [6, 6.07) is 0.0652. The molecule has 4 nitrogen and oxygen atoms in total. The first-order valence-electron chi connectivity index (χ1n) is 6.76. The van der Waals surface area contributed by atoms with E-state index in [0.717, 1.165) is 36.9 Å². The van der Waals surface area contributed by atoms with E-state index < -0.39 is 0 Å². The lowest BCUT2D eigenvalue weighted by Gasteiger charge is -2.30. The molecule has 0 radical (unpaired) electrons. The summed E-state index contributed by atoms with van der Waals surface area (Å²) in [6.45, 7) is 4.24. The Kier molecular flexibility index (Phi) is 2.59. The van der Waals surface area contributed by atoms with Gasteiger partial charge in [0.05, 0.1) is 29.6 Å². The third kappa shape index (κ3) is 1.79. The Balaban J connectivity index is 2.02. The Morgan fingerprint density at radius 2 is 2.17 bits per heavy atom. The predicted octanol–water partition coefficient (Wildman–Crippen LogP) is 2.12. The van der Waals surface area contributed by atoms with Crippen LogP contribution in [0.1, 0.15) is 61.6 Å². The van der Waals surface area contributed by atoms with E-state index in [1.54, 1.807) is 6.20 Å². The van der Waals surface area contributed by atoms with Crippen molar-refractivity contribution < 1.29 is 9.90 Å². The molecular formula is C14H20N2O2. The van der Waals surface area contributed by atoms with E-state index in [4.69, 9.17) is 0 Å². The number of carbonyl (C=O) groups is 1. The number of rotatable bonds is 1. The van der Waals surface area contributed by atoms with Crippen LogP contribution in [0.3, 0.4) is 0 Å². The Labute approximate surface area is 107 Å². The van der Waals surface area contributed by atoms with Crippen molar-refractivity contribution in [2.75, 3.05) is 0 Å². The lowest BCUT2D eigenvalue weighted by Crippen LogP contribution is -2.30. The molecule has 2 aliphatic carbocycles. The predicted molar refractivity (Wildman–Crippen MR) is 67.6 cm³/mol. The van der Waals surface area contributed by atoms with Crippen molar-refractivity contribution in [2.45, 2.75) is 58.1 Å². The van der Waals surface area contributed by atoms with Crippen LogP contribution in [0.4, 0.5) is 0 Å². The molecule has 0 spiro atoms. The van der Waals surface area contributed by atoms with E-state index in [-0.39, 0.29) is 23.3 Å². The summed E-state index contributed by atoms with van der Waals surface area (Å²) in [4.78, 5) is 12.1. The molecule has 2 unspecified atom stereocenters. The van der Waals surface area contributed by atoms with Gasteiger partial charge in [0.15, 0.2) is 5.78 Å². The molecule has 0 aromatic carbocycles. The maximum atomic E-state index is 12.1. The fourth-order valence-electron chi connectivity index (χ4n) is 3.33. The van der Waals surface area contributed by atoms with Gasteiger partial charge in [-0.15, -0.1) is 0 Å². The van der Waals surface area contributed by atoms with Gasteiger partial charge in [-0.1, -0.05) is 13.8 Å². The first-order chi connectivity index (χ1) is 8.48. The first kappa shape index (κ1) is 11.9. The highest BCUT2D eigenvalue weighted by atomic mass is 16.3. The van der Waals surface area contributed by atoms with Crippen LogP contribution in [0, 0.1) is 5.41 Å². The monoisotopic (exact) mass is 248 g/mol. The van der Waals surface area contributed by atoms with Gasteiger partial charge in [0.25, 0.3) is 0 Å². The maximum absolute atomic E-state index is 12.1. The minimum Gasteiger partial charge on any atom is -0.391 e. The number of carbonyl (C=O) groups excluding carboxylic acids is 1. The molecule has 2 aliphatic rings. The van der Waals surface area contributed by atoms with Crippen molar-refractivity contribution in [3.05, 3.63) is 17.5 Å². The summed E-state index contributed by atoms with van der Waals surface area (Å²) in [5.74, 6) is 0.194. The largest absolute Gasteiger partial charge is 0.391 e. The van der Waals surface area contributed by atoms with E-state index in [2.05, 4.69) is 18.9 Å². The van der Waals surface area contributed by atoms with Gasteiger partial charge in [0.1, 0.15) is 0 Å². The number of fused-ring (bicyclic) bond motifs is 1. The lowest BCUT2D eigenvalue weighted by molar-refractivity contribution is 0.0901. The van der Waals surface area contributed by atoms with Crippen molar-refractivity contribution in [3.8, 4) is 0 Å². The van der Waals surface area contributed by atoms with Crippen LogP contribution < -0.4 is 0 Å². The average Bonchev–Trinajstić information content (AvgIpc) is 2.82. The van der Waals surface area contributed by atoms with Gasteiger partial charge >= 0.3 is 0 Å². The average molecular weight is 248 g/mol. The van der Waals surface area contributed by atoms with Crippen LogP contribution in [0.15, 0.2) is 6.20 Å². The van der Waals surface area contributed by atoms with E-state index >= 15 is 0 Å². The van der Waals surface area contributed by atoms with Crippen LogP contribution in [-0.2, 0) is 6.42 Å². The maximum Gasteiger partial charge on any atom is 0.166 e. The fourth-order valence-corrected chi connectivity index (χ4v) is 3.33. The number of aliphatic hydroxyl groups excluding tert-OH is 1. The smallest absolute Gasteiger partial charge is 0.166 e. The summed E-state index contributed by atoms with van der Waals surface area (Å²) >= 11 is 0. The molecule has 1 saturated carbocycles. The molecule has 0 bridgehead atoms. The van der Waals surface area contributed by atoms with E-state index in [9.17, 15) is 9.90 Å². The molecule has 2 atom stereocenters. The summed E-state index contributed by atoms with van der Waals surface area (Å²) in [7, 11) is 0. The zero-order valence-electron chi connectivity index (χ0n) is 11.0. The molecule has 18 heavy (non-hydrogen) atoms. The Bertz CT molecular complexity index is 490. The minimum absolute atomic E-state index is 0.00538. The lowest BCUT2D eigenvalue weighted by atomic mass is 9.76. The van der Waals surface area contributed by atoms with E-state index in [1.165, 1.54) is 0 Å². The number of hydrogen-bond donors (Lipinski definition) is 1. The number of nitrogens with zero attached hydrogens (tertiary/aromatic N) is 2. The van der Waals surface area contributed by atoms with Crippen LogP contribution in [-0.4, -0.2) is 26.8 Å². The summed E-state index contributed by atoms with van der Waals surface area (Å²) in [6.07, 6.45) is 5.70. The van der Waals surface area contributed by atoms with Crippen LogP contribution >= 0.6 is 0 Å². The normalized spacial score (nSPS) is 30.5. The SMILES string of the molecule is CC1(C)CC(=O)c2cnn(C3CCCC3O)c2C1. The molecule has 3 rings (SSSR count). The van der Waals surface area contributed by atoms with Crippen molar-refractivity contribution in [2.24, 2.45) is 5.41 Å². The molecule has 1 N–H and O–H groups in total. The summed E-state index contributed by atoms with van der Waals surface area (Å²) in [5.41, 5.74) is 1.81. The first-order valence-corrected chi connectivity index (χ1v) is 6.76. The van der Waals surface area contributed by atoms with Crippen molar-refractivity contribution in [1.82, 2.24) is 9.78 Å². The quantitative estimate of drug-likeness (QED) is 0.828. The molecule has 0 saturated heterocycles. The molecule has 0 amide bonds. The highest BCUT2D eigenvalue weighted by Gasteiger charge is 2.37. The van der Waals surface area contributed by atoms with Crippen molar-refractivity contribution in [1.29, 1.82) is 0 Å². The van der Waals surface area contributed by atoms with Crippen LogP contribution in [0.5, 0.6) is 0 Å². The van der Waals surface area contributed by atoms with Gasteiger partial charge in [0.2, 0.25) is 0 Å². The molecule has 98 valence electrons. The Morgan fingerprint density at radius 3 is 2.83 bits per heavy atom. The van der Waals surface area contributed by atoms with Gasteiger partial charge in [-0.05, 0) is 31.1 Å². The van der Waals surface area contributed by atoms with Gasteiger partial charge in [-0.25, -0.2) is 0 Å². The molecule has 1 fully saturated rings. The summed E-state index contributed by atoms with van der Waals surface area (Å²) in [5, 5.41) is 14.4. The molecular weight excluding hydrogens is 228 g/mol. The molecule has 4 heteroatoms. The third-order valence-corrected chi connectivity index (χ3v) is 4.24. The number of aliphatic hydroxyl groups is 1. The van der Waals surface area contributed by atoms with Gasteiger partial charge in [-0.3, -0.25) is 9.48 Å².